The van der Waals surface area contributed by atoms with Crippen molar-refractivity contribution in [2.45, 2.75) is 17.3 Å². The van der Waals surface area contributed by atoms with E-state index in [1.807, 2.05) is 48.2 Å². The fourth-order valence-corrected chi connectivity index (χ4v) is 2.97. The van der Waals surface area contributed by atoms with E-state index in [0.29, 0.717) is 6.61 Å². The molecule has 22 heavy (non-hydrogen) atoms. The summed E-state index contributed by atoms with van der Waals surface area (Å²) < 4.78 is 5.76. The van der Waals surface area contributed by atoms with Gasteiger partial charge in [-0.05, 0) is 35.4 Å². The van der Waals surface area contributed by atoms with Gasteiger partial charge in [-0.2, -0.15) is 0 Å². The molecular formula is C20H18OS. The Kier molecular flexibility index (Phi) is 5.17. The number of para-hydroxylation sites is 1. The number of hydrogen-bond donors (Lipinski definition) is 0. The molecule has 0 bridgehead atoms. The van der Waals surface area contributed by atoms with Gasteiger partial charge >= 0.3 is 0 Å². The summed E-state index contributed by atoms with van der Waals surface area (Å²) in [4.78, 5) is 1.30. The Morgan fingerprint density at radius 3 is 1.91 bits per heavy atom. The summed E-state index contributed by atoms with van der Waals surface area (Å²) in [6.45, 7) is 0.607. The molecule has 0 aliphatic carbocycles. The Bertz CT molecular complexity index is 615. The van der Waals surface area contributed by atoms with Crippen LogP contribution in [0.3, 0.4) is 0 Å². The minimum absolute atomic E-state index is 0.607. The molecule has 0 N–H and O–H groups in total. The molecule has 110 valence electrons. The summed E-state index contributed by atoms with van der Waals surface area (Å²) in [5.74, 6) is 1.90. The van der Waals surface area contributed by atoms with Crippen LogP contribution in [0.25, 0.3) is 0 Å². The standard InChI is InChI=1S/C20H18OS/c1-3-7-19(8-4-1)21-15-17-11-13-18(14-12-17)16-22-20-9-5-2-6-10-20/h1-14H,15-16H2. The van der Waals surface area contributed by atoms with Crippen molar-refractivity contribution in [3.8, 4) is 5.75 Å². The Morgan fingerprint density at radius 2 is 1.23 bits per heavy atom. The lowest BCUT2D eigenvalue weighted by Crippen LogP contribution is -1.95. The molecule has 0 saturated heterocycles. The third-order valence-electron chi connectivity index (χ3n) is 3.32. The van der Waals surface area contributed by atoms with Gasteiger partial charge in [0, 0.05) is 10.6 Å². The van der Waals surface area contributed by atoms with Gasteiger partial charge < -0.3 is 4.74 Å². The van der Waals surface area contributed by atoms with Crippen molar-refractivity contribution in [2.24, 2.45) is 0 Å². The summed E-state index contributed by atoms with van der Waals surface area (Å²) in [5, 5.41) is 0. The van der Waals surface area contributed by atoms with E-state index in [0.717, 1.165) is 11.5 Å². The smallest absolute Gasteiger partial charge is 0.119 e. The lowest BCUT2D eigenvalue weighted by atomic mass is 10.2. The molecule has 0 radical (unpaired) electrons. The molecular weight excluding hydrogens is 288 g/mol. The predicted octanol–water partition coefficient (Wildman–Crippen LogP) is 5.56. The van der Waals surface area contributed by atoms with Crippen LogP contribution in [0.15, 0.2) is 89.8 Å². The molecule has 3 aromatic rings. The molecule has 0 heterocycles. The Labute approximate surface area is 136 Å². The van der Waals surface area contributed by atoms with Crippen molar-refractivity contribution in [3.63, 3.8) is 0 Å². The number of benzene rings is 3. The monoisotopic (exact) mass is 306 g/mol. The number of thioether (sulfide) groups is 1. The first-order valence-corrected chi connectivity index (χ1v) is 8.32. The Morgan fingerprint density at radius 1 is 0.636 bits per heavy atom. The summed E-state index contributed by atoms with van der Waals surface area (Å²) in [6, 6.07) is 29.1. The summed E-state index contributed by atoms with van der Waals surface area (Å²) in [7, 11) is 0. The fraction of sp³-hybridized carbons (Fsp3) is 0.100. The molecule has 0 amide bonds. The zero-order valence-corrected chi connectivity index (χ0v) is 13.1. The van der Waals surface area contributed by atoms with Crippen LogP contribution in [0, 0.1) is 0 Å². The van der Waals surface area contributed by atoms with Crippen molar-refractivity contribution >= 4 is 11.8 Å². The fourth-order valence-electron chi connectivity index (χ4n) is 2.10. The molecule has 0 atom stereocenters. The van der Waals surface area contributed by atoms with Crippen molar-refractivity contribution in [1.82, 2.24) is 0 Å². The van der Waals surface area contributed by atoms with E-state index >= 15 is 0 Å². The second kappa shape index (κ2) is 7.71. The molecule has 0 aromatic heterocycles. The molecule has 0 aliphatic heterocycles. The molecule has 0 aliphatic rings. The number of rotatable bonds is 6. The third-order valence-corrected chi connectivity index (χ3v) is 4.40. The van der Waals surface area contributed by atoms with E-state index in [1.54, 1.807) is 0 Å². The van der Waals surface area contributed by atoms with Gasteiger partial charge in [-0.1, -0.05) is 60.7 Å². The molecule has 0 fully saturated rings. The summed E-state index contributed by atoms with van der Waals surface area (Å²) in [5.41, 5.74) is 2.52. The highest BCUT2D eigenvalue weighted by Gasteiger charge is 1.98. The zero-order valence-electron chi connectivity index (χ0n) is 12.3. The van der Waals surface area contributed by atoms with Crippen LogP contribution in [0.1, 0.15) is 11.1 Å². The van der Waals surface area contributed by atoms with E-state index in [2.05, 4.69) is 48.5 Å². The predicted molar refractivity (Wildman–Crippen MR) is 93.2 cm³/mol. The van der Waals surface area contributed by atoms with E-state index in [-0.39, 0.29) is 0 Å². The normalized spacial score (nSPS) is 10.4. The zero-order chi connectivity index (χ0) is 15.0. The van der Waals surface area contributed by atoms with Crippen molar-refractivity contribution in [2.75, 3.05) is 0 Å². The molecule has 0 spiro atoms. The molecule has 3 aromatic carbocycles. The largest absolute Gasteiger partial charge is 0.489 e. The highest BCUT2D eigenvalue weighted by Crippen LogP contribution is 2.22. The van der Waals surface area contributed by atoms with Crippen LogP contribution in [-0.2, 0) is 12.4 Å². The molecule has 3 rings (SSSR count). The average Bonchev–Trinajstić information content (AvgIpc) is 2.61. The summed E-state index contributed by atoms with van der Waals surface area (Å²) >= 11 is 1.86. The van der Waals surface area contributed by atoms with E-state index < -0.39 is 0 Å². The van der Waals surface area contributed by atoms with Gasteiger partial charge in [0.15, 0.2) is 0 Å². The Balaban J connectivity index is 1.52. The van der Waals surface area contributed by atoms with Crippen LogP contribution in [0.5, 0.6) is 5.75 Å². The molecule has 1 nitrogen and oxygen atoms in total. The van der Waals surface area contributed by atoms with Gasteiger partial charge in [-0.15, -0.1) is 11.8 Å². The summed E-state index contributed by atoms with van der Waals surface area (Å²) in [6.07, 6.45) is 0. The van der Waals surface area contributed by atoms with Crippen molar-refractivity contribution in [3.05, 3.63) is 96.1 Å². The maximum absolute atomic E-state index is 5.76. The van der Waals surface area contributed by atoms with Crippen LogP contribution in [-0.4, -0.2) is 0 Å². The van der Waals surface area contributed by atoms with Crippen LogP contribution < -0.4 is 4.74 Å². The molecule has 0 saturated carbocycles. The van der Waals surface area contributed by atoms with Gasteiger partial charge in [0.05, 0.1) is 0 Å². The minimum atomic E-state index is 0.607. The van der Waals surface area contributed by atoms with Gasteiger partial charge in [0.25, 0.3) is 0 Å². The van der Waals surface area contributed by atoms with Crippen molar-refractivity contribution < 1.29 is 4.74 Å². The molecule has 2 heteroatoms. The van der Waals surface area contributed by atoms with Crippen molar-refractivity contribution in [1.29, 1.82) is 0 Å². The number of ether oxygens (including phenoxy) is 1. The van der Waals surface area contributed by atoms with Gasteiger partial charge in [0.1, 0.15) is 12.4 Å². The lowest BCUT2D eigenvalue weighted by molar-refractivity contribution is 0.306. The lowest BCUT2D eigenvalue weighted by Gasteiger charge is -2.07. The number of hydrogen-bond acceptors (Lipinski definition) is 2. The molecule has 0 unspecified atom stereocenters. The first-order valence-electron chi connectivity index (χ1n) is 7.34. The maximum Gasteiger partial charge on any atom is 0.119 e. The highest BCUT2D eigenvalue weighted by atomic mass is 32.2. The highest BCUT2D eigenvalue weighted by molar-refractivity contribution is 7.98. The topological polar surface area (TPSA) is 9.23 Å². The van der Waals surface area contributed by atoms with Crippen LogP contribution >= 0.6 is 11.8 Å². The average molecular weight is 306 g/mol. The first-order chi connectivity index (χ1) is 10.9. The van der Waals surface area contributed by atoms with Gasteiger partial charge in [-0.25, -0.2) is 0 Å². The quantitative estimate of drug-likeness (QED) is 0.552. The van der Waals surface area contributed by atoms with Gasteiger partial charge in [0.2, 0.25) is 0 Å². The first kappa shape index (κ1) is 14.7. The van der Waals surface area contributed by atoms with E-state index in [1.165, 1.54) is 16.0 Å². The van der Waals surface area contributed by atoms with Gasteiger partial charge in [-0.3, -0.25) is 0 Å². The van der Waals surface area contributed by atoms with E-state index in [4.69, 9.17) is 4.74 Å². The van der Waals surface area contributed by atoms with Crippen LogP contribution in [0.4, 0.5) is 0 Å². The van der Waals surface area contributed by atoms with E-state index in [9.17, 15) is 0 Å². The maximum atomic E-state index is 5.76. The minimum Gasteiger partial charge on any atom is -0.489 e. The Hall–Kier alpha value is -2.19. The third kappa shape index (κ3) is 4.40. The second-order valence-electron chi connectivity index (χ2n) is 5.02. The van der Waals surface area contributed by atoms with Crippen LogP contribution in [0.2, 0.25) is 0 Å². The SMILES string of the molecule is c1ccc(OCc2ccc(CSc3ccccc3)cc2)cc1. The second-order valence-corrected chi connectivity index (χ2v) is 6.07.